The van der Waals surface area contributed by atoms with E-state index in [1.165, 1.54) is 18.2 Å². The van der Waals surface area contributed by atoms with Gasteiger partial charge < -0.3 is 15.1 Å². The standard InChI is InChI=1S/C13H16BrNO3/c14-4-5-15(10-2-1-3-10)13(18)9-6-11(16)8-12(17)7-9/h6-8,10,16-17H,1-5H2. The van der Waals surface area contributed by atoms with Gasteiger partial charge in [-0.15, -0.1) is 0 Å². The minimum absolute atomic E-state index is 0.0919. The van der Waals surface area contributed by atoms with Crippen LogP contribution in [0.4, 0.5) is 0 Å². The highest BCUT2D eigenvalue weighted by Crippen LogP contribution is 2.28. The Labute approximate surface area is 114 Å². The van der Waals surface area contributed by atoms with Gasteiger partial charge in [0.25, 0.3) is 5.91 Å². The Morgan fingerprint density at radius 3 is 2.33 bits per heavy atom. The molecule has 18 heavy (non-hydrogen) atoms. The van der Waals surface area contributed by atoms with E-state index in [4.69, 9.17) is 0 Å². The summed E-state index contributed by atoms with van der Waals surface area (Å²) in [5, 5.41) is 19.6. The first-order valence-corrected chi connectivity index (χ1v) is 7.14. The molecular formula is C13H16BrNO3. The number of phenols is 2. The van der Waals surface area contributed by atoms with E-state index < -0.39 is 0 Å². The molecule has 98 valence electrons. The van der Waals surface area contributed by atoms with Gasteiger partial charge in [-0.1, -0.05) is 15.9 Å². The average molecular weight is 314 g/mol. The van der Waals surface area contributed by atoms with Gasteiger partial charge in [0, 0.05) is 29.5 Å². The first kappa shape index (κ1) is 13.2. The number of alkyl halides is 1. The fourth-order valence-electron chi connectivity index (χ4n) is 2.12. The van der Waals surface area contributed by atoms with Crippen LogP contribution in [0.15, 0.2) is 18.2 Å². The molecule has 1 aromatic rings. The van der Waals surface area contributed by atoms with Gasteiger partial charge in [-0.3, -0.25) is 4.79 Å². The second kappa shape index (κ2) is 5.61. The molecule has 4 nitrogen and oxygen atoms in total. The van der Waals surface area contributed by atoms with Crippen LogP contribution >= 0.6 is 15.9 Å². The Kier molecular flexibility index (Phi) is 4.11. The van der Waals surface area contributed by atoms with Crippen molar-refractivity contribution in [3.05, 3.63) is 23.8 Å². The smallest absolute Gasteiger partial charge is 0.254 e. The lowest BCUT2D eigenvalue weighted by molar-refractivity contribution is 0.0598. The summed E-state index contributed by atoms with van der Waals surface area (Å²) >= 11 is 3.35. The number of carbonyl (C=O) groups is 1. The molecule has 1 fully saturated rings. The zero-order chi connectivity index (χ0) is 13.1. The molecule has 0 atom stereocenters. The van der Waals surface area contributed by atoms with Crippen LogP contribution in [0.3, 0.4) is 0 Å². The van der Waals surface area contributed by atoms with E-state index in [2.05, 4.69) is 15.9 Å². The second-order valence-corrected chi connectivity index (χ2v) is 5.30. The zero-order valence-corrected chi connectivity index (χ0v) is 11.6. The van der Waals surface area contributed by atoms with Crippen molar-refractivity contribution < 1.29 is 15.0 Å². The molecule has 2 N–H and O–H groups in total. The summed E-state index contributed by atoms with van der Waals surface area (Å²) in [6.07, 6.45) is 3.22. The fraction of sp³-hybridized carbons (Fsp3) is 0.462. The maximum absolute atomic E-state index is 12.4. The number of amides is 1. The van der Waals surface area contributed by atoms with Crippen molar-refractivity contribution >= 4 is 21.8 Å². The molecule has 5 heteroatoms. The van der Waals surface area contributed by atoms with E-state index in [1.54, 1.807) is 0 Å². The summed E-state index contributed by atoms with van der Waals surface area (Å²) in [7, 11) is 0. The molecule has 1 aliphatic carbocycles. The van der Waals surface area contributed by atoms with Gasteiger partial charge in [-0.25, -0.2) is 0 Å². The first-order chi connectivity index (χ1) is 8.61. The van der Waals surface area contributed by atoms with Crippen molar-refractivity contribution in [1.82, 2.24) is 4.90 Å². The lowest BCUT2D eigenvalue weighted by Gasteiger charge is -2.37. The number of carbonyl (C=O) groups excluding carboxylic acids is 1. The largest absolute Gasteiger partial charge is 0.508 e. The third-order valence-corrected chi connectivity index (χ3v) is 3.61. The Balaban J connectivity index is 2.21. The molecule has 0 heterocycles. The Morgan fingerprint density at radius 1 is 1.28 bits per heavy atom. The number of phenolic OH excluding ortho intramolecular Hbond substituents is 2. The SMILES string of the molecule is O=C(c1cc(O)cc(O)c1)N(CCBr)C1CCC1. The van der Waals surface area contributed by atoms with Crippen molar-refractivity contribution in [2.24, 2.45) is 0 Å². The van der Waals surface area contributed by atoms with Gasteiger partial charge in [0.2, 0.25) is 0 Å². The van der Waals surface area contributed by atoms with Crippen LogP contribution in [0.1, 0.15) is 29.6 Å². The maximum Gasteiger partial charge on any atom is 0.254 e. The second-order valence-electron chi connectivity index (χ2n) is 4.51. The summed E-state index contributed by atoms with van der Waals surface area (Å²) in [5.74, 6) is -0.318. The van der Waals surface area contributed by atoms with Crippen LogP contribution in [0.2, 0.25) is 0 Å². The van der Waals surface area contributed by atoms with Gasteiger partial charge in [-0.05, 0) is 31.4 Å². The number of hydrogen-bond donors (Lipinski definition) is 2. The van der Waals surface area contributed by atoms with E-state index in [1.807, 2.05) is 4.90 Å². The van der Waals surface area contributed by atoms with Gasteiger partial charge in [0.15, 0.2) is 0 Å². The lowest BCUT2D eigenvalue weighted by atomic mass is 9.91. The minimum atomic E-state index is -0.134. The molecular weight excluding hydrogens is 298 g/mol. The molecule has 1 aromatic carbocycles. The number of rotatable bonds is 4. The van der Waals surface area contributed by atoms with Crippen molar-refractivity contribution in [2.75, 3.05) is 11.9 Å². The minimum Gasteiger partial charge on any atom is -0.508 e. The predicted molar refractivity (Wildman–Crippen MR) is 72.2 cm³/mol. The van der Waals surface area contributed by atoms with Crippen molar-refractivity contribution in [2.45, 2.75) is 25.3 Å². The number of halogens is 1. The van der Waals surface area contributed by atoms with Gasteiger partial charge in [0.1, 0.15) is 11.5 Å². The maximum atomic E-state index is 12.4. The number of benzene rings is 1. The lowest BCUT2D eigenvalue weighted by Crippen LogP contribution is -2.45. The Hall–Kier alpha value is -1.23. The summed E-state index contributed by atoms with van der Waals surface area (Å²) in [6, 6.07) is 4.29. The number of nitrogens with zero attached hydrogens (tertiary/aromatic N) is 1. The fourth-order valence-corrected chi connectivity index (χ4v) is 2.51. The van der Waals surface area contributed by atoms with Crippen LogP contribution in [-0.2, 0) is 0 Å². The first-order valence-electron chi connectivity index (χ1n) is 6.02. The van der Waals surface area contributed by atoms with E-state index in [9.17, 15) is 15.0 Å². The third kappa shape index (κ3) is 2.77. The monoisotopic (exact) mass is 313 g/mol. The van der Waals surface area contributed by atoms with Crippen molar-refractivity contribution in [3.63, 3.8) is 0 Å². The van der Waals surface area contributed by atoms with E-state index >= 15 is 0 Å². The quantitative estimate of drug-likeness (QED) is 0.840. The highest BCUT2D eigenvalue weighted by Gasteiger charge is 2.29. The van der Waals surface area contributed by atoms with Crippen LogP contribution < -0.4 is 0 Å². The van der Waals surface area contributed by atoms with Crippen LogP contribution in [-0.4, -0.2) is 38.9 Å². The number of aromatic hydroxyl groups is 2. The molecule has 0 aromatic heterocycles. The topological polar surface area (TPSA) is 60.8 Å². The van der Waals surface area contributed by atoms with Gasteiger partial charge >= 0.3 is 0 Å². The van der Waals surface area contributed by atoms with Crippen LogP contribution in [0, 0.1) is 0 Å². The van der Waals surface area contributed by atoms with E-state index in [0.29, 0.717) is 18.2 Å². The summed E-state index contributed by atoms with van der Waals surface area (Å²) in [4.78, 5) is 14.2. The summed E-state index contributed by atoms with van der Waals surface area (Å²) in [6.45, 7) is 0.639. The van der Waals surface area contributed by atoms with Gasteiger partial charge in [-0.2, -0.15) is 0 Å². The highest BCUT2D eigenvalue weighted by molar-refractivity contribution is 9.09. The summed E-state index contributed by atoms with van der Waals surface area (Å²) in [5.41, 5.74) is 0.334. The highest BCUT2D eigenvalue weighted by atomic mass is 79.9. The Morgan fingerprint density at radius 2 is 1.89 bits per heavy atom. The molecule has 0 aliphatic heterocycles. The van der Waals surface area contributed by atoms with Crippen molar-refractivity contribution in [1.29, 1.82) is 0 Å². The summed E-state index contributed by atoms with van der Waals surface area (Å²) < 4.78 is 0. The molecule has 1 amide bonds. The van der Waals surface area contributed by atoms with Crippen molar-refractivity contribution in [3.8, 4) is 11.5 Å². The normalized spacial score (nSPS) is 15.2. The average Bonchev–Trinajstić information content (AvgIpc) is 2.23. The Bertz CT molecular complexity index is 426. The predicted octanol–water partition coefficient (Wildman–Crippen LogP) is 2.49. The van der Waals surface area contributed by atoms with E-state index in [-0.39, 0.29) is 17.4 Å². The molecule has 0 spiro atoms. The van der Waals surface area contributed by atoms with Crippen LogP contribution in [0.25, 0.3) is 0 Å². The third-order valence-electron chi connectivity index (χ3n) is 3.25. The molecule has 1 saturated carbocycles. The molecule has 0 unspecified atom stereocenters. The molecule has 2 rings (SSSR count). The molecule has 1 aliphatic rings. The molecule has 0 bridgehead atoms. The molecule has 0 saturated heterocycles. The zero-order valence-electron chi connectivity index (χ0n) is 9.97. The van der Waals surface area contributed by atoms with E-state index in [0.717, 1.165) is 24.6 Å². The number of hydrogen-bond acceptors (Lipinski definition) is 3. The van der Waals surface area contributed by atoms with Crippen LogP contribution in [0.5, 0.6) is 11.5 Å². The molecule has 0 radical (unpaired) electrons. The van der Waals surface area contributed by atoms with Gasteiger partial charge in [0.05, 0.1) is 0 Å².